The van der Waals surface area contributed by atoms with Crippen LogP contribution in [-0.4, -0.2) is 58.1 Å². The van der Waals surface area contributed by atoms with Gasteiger partial charge in [0.1, 0.15) is 11.6 Å². The number of hydrogen-bond acceptors (Lipinski definition) is 7. The second-order valence-electron chi connectivity index (χ2n) is 20.6. The molecule has 4 fully saturated rings. The van der Waals surface area contributed by atoms with Crippen LogP contribution in [-0.2, 0) is 35.0 Å². The molecular weight excluding hydrogens is 675 g/mol. The summed E-state index contributed by atoms with van der Waals surface area (Å²) in [4.78, 5) is 16.0. The first kappa shape index (κ1) is 36.6. The molecule has 0 radical (unpaired) electrons. The Kier molecular flexibility index (Phi) is 8.26. The maximum atomic E-state index is 13.5. The highest BCUT2D eigenvalue weighted by Gasteiger charge is 2.70. The van der Waals surface area contributed by atoms with Gasteiger partial charge in [0.15, 0.2) is 0 Å². The summed E-state index contributed by atoms with van der Waals surface area (Å²) in [5.74, 6) is 2.97. The van der Waals surface area contributed by atoms with E-state index in [9.17, 15) is 4.79 Å². The molecule has 1 unspecified atom stereocenters. The maximum absolute atomic E-state index is 13.5. The van der Waals surface area contributed by atoms with Gasteiger partial charge in [0.05, 0.1) is 26.0 Å². The second-order valence-corrected chi connectivity index (χ2v) is 20.6. The SMILES string of the molecule is CC1(C)CC[C@]2(c3[nH][nH]c(=O)c3CCN)CC[C@]3(C)C(=C(c4ccoc4CN4CCOCC4)CC4[C@@]5(C)Cc6c(N)n[nH]c6C(C)(C)[C@@H]5CC[C@]43C)[C@@H]2C1. The molecule has 1 saturated heterocycles. The van der Waals surface area contributed by atoms with Gasteiger partial charge in [-0.2, -0.15) is 5.10 Å². The molecule has 5 aliphatic carbocycles. The molecule has 4 heterocycles. The van der Waals surface area contributed by atoms with Gasteiger partial charge in [-0.3, -0.25) is 19.9 Å². The minimum atomic E-state index is -0.162. The number of nitrogens with one attached hydrogen (secondary N) is 3. The van der Waals surface area contributed by atoms with Crippen LogP contribution in [0.2, 0.25) is 0 Å². The lowest BCUT2D eigenvalue weighted by molar-refractivity contribution is -0.152. The number of fused-ring (bicyclic) bond motifs is 8. The summed E-state index contributed by atoms with van der Waals surface area (Å²) < 4.78 is 12.3. The van der Waals surface area contributed by atoms with E-state index in [1.807, 2.05) is 6.26 Å². The van der Waals surface area contributed by atoms with E-state index in [1.54, 1.807) is 5.57 Å². The van der Waals surface area contributed by atoms with Crippen molar-refractivity contribution in [2.24, 2.45) is 45.1 Å². The Balaban J connectivity index is 1.28. The van der Waals surface area contributed by atoms with Crippen LogP contribution in [0.3, 0.4) is 0 Å². The topological polar surface area (TPSA) is 155 Å². The van der Waals surface area contributed by atoms with E-state index >= 15 is 0 Å². The molecule has 3 aromatic rings. The Morgan fingerprint density at radius 1 is 0.963 bits per heavy atom. The van der Waals surface area contributed by atoms with Crippen molar-refractivity contribution in [2.75, 3.05) is 38.6 Å². The molecule has 294 valence electrons. The molecule has 0 amide bonds. The Morgan fingerprint density at radius 3 is 2.48 bits per heavy atom. The summed E-state index contributed by atoms with van der Waals surface area (Å²) in [7, 11) is 0. The molecular formula is C44H65N7O3. The van der Waals surface area contributed by atoms with Crippen molar-refractivity contribution in [1.82, 2.24) is 25.3 Å². The molecule has 10 nitrogen and oxygen atoms in total. The standard InChI is InChI=1S/C44H65N7O3/c1-39(2)12-14-44(36-27(9-16-45)38(52)50-48-36)15-13-43(7)34(30(44)24-39)28(26-10-19-54-31(26)25-51-17-20-53-21-18-51)22-33-41(5)23-29-35(47-49-37(29)46)40(3,4)32(41)8-11-42(33,43)6/h10,19,30,32-33H,8-9,11-18,20-25,45H2,1-7H3,(H3,46,47,49)(H2,48,50,52)/t30-,32-,33?,41-,42+,43+,44-/m0/s1. The van der Waals surface area contributed by atoms with Crippen molar-refractivity contribution in [3.8, 4) is 0 Å². The van der Waals surface area contributed by atoms with Crippen LogP contribution in [0.1, 0.15) is 134 Å². The summed E-state index contributed by atoms with van der Waals surface area (Å²) in [5, 5.41) is 14.6. The van der Waals surface area contributed by atoms with Crippen LogP contribution in [0, 0.1) is 39.4 Å². The highest BCUT2D eigenvalue weighted by atomic mass is 16.5. The van der Waals surface area contributed by atoms with Crippen LogP contribution in [0.25, 0.3) is 5.57 Å². The van der Waals surface area contributed by atoms with Crippen LogP contribution in [0.15, 0.2) is 27.1 Å². The third-order valence-electron chi connectivity index (χ3n) is 17.3. The fourth-order valence-electron chi connectivity index (χ4n) is 14.4. The zero-order valence-corrected chi connectivity index (χ0v) is 34.0. The molecule has 3 aromatic heterocycles. The Bertz CT molecular complexity index is 2020. The van der Waals surface area contributed by atoms with E-state index in [1.165, 1.54) is 35.2 Å². The number of ether oxygens (including phenoxy) is 1. The number of allylic oxidation sites excluding steroid dienone is 2. The van der Waals surface area contributed by atoms with Crippen molar-refractivity contribution in [1.29, 1.82) is 0 Å². The first-order valence-corrected chi connectivity index (χ1v) is 21.0. The third-order valence-corrected chi connectivity index (χ3v) is 17.3. The quantitative estimate of drug-likeness (QED) is 0.179. The maximum Gasteiger partial charge on any atom is 0.267 e. The Labute approximate surface area is 321 Å². The number of aromatic amines is 3. The molecule has 0 spiro atoms. The van der Waals surface area contributed by atoms with E-state index in [-0.39, 0.29) is 44.0 Å². The van der Waals surface area contributed by atoms with Crippen LogP contribution in [0.4, 0.5) is 5.82 Å². The van der Waals surface area contributed by atoms with Gasteiger partial charge in [-0.15, -0.1) is 0 Å². The van der Waals surface area contributed by atoms with Gasteiger partial charge < -0.3 is 25.7 Å². The van der Waals surface area contributed by atoms with E-state index < -0.39 is 0 Å². The van der Waals surface area contributed by atoms with Crippen LogP contribution >= 0.6 is 0 Å². The Hall–Kier alpha value is -3.08. The normalized spacial score (nSPS) is 37.2. The second kappa shape index (κ2) is 12.2. The number of anilines is 1. The van der Waals surface area contributed by atoms with Crippen molar-refractivity contribution < 1.29 is 9.15 Å². The number of morpholine rings is 1. The van der Waals surface area contributed by atoms with E-state index in [4.69, 9.17) is 20.6 Å². The molecule has 7 atom stereocenters. The van der Waals surface area contributed by atoms with Gasteiger partial charge in [0.25, 0.3) is 5.56 Å². The van der Waals surface area contributed by atoms with E-state index in [0.717, 1.165) is 94.8 Å². The van der Waals surface area contributed by atoms with Gasteiger partial charge in [-0.1, -0.05) is 54.0 Å². The molecule has 9 rings (SSSR count). The number of nitrogens with two attached hydrogens (primary N) is 2. The van der Waals surface area contributed by atoms with Crippen molar-refractivity contribution in [3.63, 3.8) is 0 Å². The molecule has 6 aliphatic rings. The van der Waals surface area contributed by atoms with Crippen molar-refractivity contribution in [3.05, 3.63) is 62.1 Å². The molecule has 0 bridgehead atoms. The number of H-pyrrole nitrogens is 3. The molecule has 1 aliphatic heterocycles. The zero-order chi connectivity index (χ0) is 38.1. The first-order chi connectivity index (χ1) is 25.6. The monoisotopic (exact) mass is 740 g/mol. The van der Waals surface area contributed by atoms with Gasteiger partial charge in [0.2, 0.25) is 0 Å². The Morgan fingerprint density at radius 2 is 1.72 bits per heavy atom. The smallest absolute Gasteiger partial charge is 0.267 e. The third kappa shape index (κ3) is 4.93. The van der Waals surface area contributed by atoms with E-state index in [2.05, 4.69) is 79.8 Å². The number of aromatic nitrogens is 4. The largest absolute Gasteiger partial charge is 0.467 e. The van der Waals surface area contributed by atoms with Crippen LogP contribution < -0.4 is 17.0 Å². The molecule has 3 saturated carbocycles. The lowest BCUT2D eigenvalue weighted by Crippen LogP contribution is -2.65. The lowest BCUT2D eigenvalue weighted by atomic mass is 9.32. The van der Waals surface area contributed by atoms with Crippen molar-refractivity contribution >= 4 is 11.4 Å². The van der Waals surface area contributed by atoms with Crippen molar-refractivity contribution in [2.45, 2.75) is 130 Å². The summed E-state index contributed by atoms with van der Waals surface area (Å²) in [6.45, 7) is 22.4. The summed E-state index contributed by atoms with van der Waals surface area (Å²) in [6.07, 6.45) is 12.3. The average Bonchev–Trinajstić information content (AvgIpc) is 3.84. The summed E-state index contributed by atoms with van der Waals surface area (Å²) >= 11 is 0. The zero-order valence-electron chi connectivity index (χ0n) is 34.0. The summed E-state index contributed by atoms with van der Waals surface area (Å²) in [5.41, 5.74) is 21.9. The molecule has 7 N–H and O–H groups in total. The van der Waals surface area contributed by atoms with E-state index in [0.29, 0.717) is 30.6 Å². The number of furan rings is 1. The lowest BCUT2D eigenvalue weighted by Gasteiger charge is -2.71. The fourth-order valence-corrected chi connectivity index (χ4v) is 14.4. The summed E-state index contributed by atoms with van der Waals surface area (Å²) in [6, 6.07) is 2.29. The highest BCUT2D eigenvalue weighted by molar-refractivity contribution is 5.75. The predicted octanol–water partition coefficient (Wildman–Crippen LogP) is 7.23. The first-order valence-electron chi connectivity index (χ1n) is 21.0. The van der Waals surface area contributed by atoms with Gasteiger partial charge in [-0.05, 0) is 122 Å². The van der Waals surface area contributed by atoms with Gasteiger partial charge >= 0.3 is 0 Å². The fraction of sp³-hybridized carbons (Fsp3) is 0.727. The highest BCUT2D eigenvalue weighted by Crippen LogP contribution is 2.77. The molecule has 54 heavy (non-hydrogen) atoms. The predicted molar refractivity (Wildman–Crippen MR) is 213 cm³/mol. The molecule has 0 aromatic carbocycles. The van der Waals surface area contributed by atoms with Gasteiger partial charge in [-0.25, -0.2) is 0 Å². The minimum absolute atomic E-state index is 0.00158. The average molecular weight is 740 g/mol. The number of hydrogen-bond donors (Lipinski definition) is 5. The molecule has 10 heteroatoms. The number of nitrogen functional groups attached to an aromatic ring is 1. The van der Waals surface area contributed by atoms with Crippen LogP contribution in [0.5, 0.6) is 0 Å². The van der Waals surface area contributed by atoms with Gasteiger partial charge in [0, 0.05) is 52.0 Å². The number of nitrogens with zero attached hydrogens (tertiary/aromatic N) is 2. The minimum Gasteiger partial charge on any atom is -0.467 e. The number of rotatable bonds is 6.